The van der Waals surface area contributed by atoms with Gasteiger partial charge in [-0.3, -0.25) is 0 Å². The van der Waals surface area contributed by atoms with Crippen molar-refractivity contribution < 1.29 is 0 Å². The molecule has 15 heavy (non-hydrogen) atoms. The Labute approximate surface area is 109 Å². The van der Waals surface area contributed by atoms with Crippen molar-refractivity contribution in [2.24, 2.45) is 0 Å². The topological polar surface area (TPSA) is 3.24 Å². The fourth-order valence-corrected chi connectivity index (χ4v) is 2.05. The number of halogens is 3. The maximum atomic E-state index is 5.76. The number of anilines is 1. The molecule has 1 nitrogen and oxygen atoms in total. The molecule has 0 atom stereocenters. The first-order chi connectivity index (χ1) is 7.19. The summed E-state index contributed by atoms with van der Waals surface area (Å²) in [4.78, 5) is 2.19. The molecule has 84 valence electrons. The van der Waals surface area contributed by atoms with E-state index >= 15 is 0 Å². The van der Waals surface area contributed by atoms with E-state index in [0.717, 1.165) is 17.6 Å². The third kappa shape index (κ3) is 3.86. The lowest BCUT2D eigenvalue weighted by molar-refractivity contribution is 0.873. The van der Waals surface area contributed by atoms with Gasteiger partial charge < -0.3 is 4.90 Å². The van der Waals surface area contributed by atoms with Crippen molar-refractivity contribution in [3.63, 3.8) is 0 Å². The Bertz CT molecular complexity index is 311. The number of alkyl halides is 2. The molecule has 0 aliphatic carbocycles. The summed E-state index contributed by atoms with van der Waals surface area (Å²) in [6.45, 7) is 3.73. The standard InChI is InChI=1S/C11H14BrCl2N/c1-9-8-10(2-3-11(9)12)15(6-4-13)7-5-14/h2-3,8H,4-7H2,1H3. The van der Waals surface area contributed by atoms with E-state index in [2.05, 4.69) is 46.0 Å². The number of benzene rings is 1. The van der Waals surface area contributed by atoms with Crippen LogP contribution in [0, 0.1) is 6.92 Å². The van der Waals surface area contributed by atoms with Crippen LogP contribution in [0.25, 0.3) is 0 Å². The minimum Gasteiger partial charge on any atom is -0.369 e. The summed E-state index contributed by atoms with van der Waals surface area (Å²) >= 11 is 15.0. The van der Waals surface area contributed by atoms with Crippen LogP contribution < -0.4 is 4.90 Å². The van der Waals surface area contributed by atoms with Crippen LogP contribution in [0.4, 0.5) is 5.69 Å². The summed E-state index contributed by atoms with van der Waals surface area (Å²) in [7, 11) is 0. The molecule has 1 rings (SSSR count). The Morgan fingerprint density at radius 1 is 1.20 bits per heavy atom. The van der Waals surface area contributed by atoms with Crippen LogP contribution in [0.5, 0.6) is 0 Å². The molecule has 0 radical (unpaired) electrons. The quantitative estimate of drug-likeness (QED) is 0.742. The molecule has 1 aromatic carbocycles. The van der Waals surface area contributed by atoms with Gasteiger partial charge in [-0.2, -0.15) is 0 Å². The molecule has 1 aromatic rings. The average molecular weight is 311 g/mol. The first-order valence-electron chi connectivity index (χ1n) is 4.82. The van der Waals surface area contributed by atoms with Crippen molar-refractivity contribution in [2.45, 2.75) is 6.92 Å². The predicted molar refractivity (Wildman–Crippen MR) is 72.5 cm³/mol. The highest BCUT2D eigenvalue weighted by Crippen LogP contribution is 2.22. The van der Waals surface area contributed by atoms with E-state index in [9.17, 15) is 0 Å². The summed E-state index contributed by atoms with van der Waals surface area (Å²) in [5, 5.41) is 0. The van der Waals surface area contributed by atoms with Gasteiger partial charge in [-0.15, -0.1) is 23.2 Å². The zero-order chi connectivity index (χ0) is 11.3. The van der Waals surface area contributed by atoms with Crippen LogP contribution in [0.3, 0.4) is 0 Å². The van der Waals surface area contributed by atoms with Gasteiger partial charge in [0.1, 0.15) is 0 Å². The zero-order valence-electron chi connectivity index (χ0n) is 8.64. The largest absolute Gasteiger partial charge is 0.369 e. The number of hydrogen-bond acceptors (Lipinski definition) is 1. The fraction of sp³-hybridized carbons (Fsp3) is 0.455. The molecule has 0 unspecified atom stereocenters. The average Bonchev–Trinajstić information content (AvgIpc) is 2.22. The third-order valence-electron chi connectivity index (χ3n) is 2.22. The lowest BCUT2D eigenvalue weighted by atomic mass is 10.2. The molecule has 4 heteroatoms. The monoisotopic (exact) mass is 309 g/mol. The molecule has 0 saturated heterocycles. The molecule has 0 aromatic heterocycles. The second kappa shape index (κ2) is 6.62. The van der Waals surface area contributed by atoms with Crippen LogP contribution >= 0.6 is 39.1 Å². The summed E-state index contributed by atoms with van der Waals surface area (Å²) in [5.74, 6) is 1.23. The fourth-order valence-electron chi connectivity index (χ4n) is 1.40. The van der Waals surface area contributed by atoms with Gasteiger partial charge >= 0.3 is 0 Å². The van der Waals surface area contributed by atoms with Crippen molar-refractivity contribution in [1.29, 1.82) is 0 Å². The maximum Gasteiger partial charge on any atom is 0.0399 e. The Morgan fingerprint density at radius 3 is 2.27 bits per heavy atom. The van der Waals surface area contributed by atoms with Gasteiger partial charge in [0.05, 0.1) is 0 Å². The highest BCUT2D eigenvalue weighted by atomic mass is 79.9. The van der Waals surface area contributed by atoms with Gasteiger partial charge in [0.25, 0.3) is 0 Å². The Morgan fingerprint density at radius 2 is 1.80 bits per heavy atom. The molecule has 0 spiro atoms. The van der Waals surface area contributed by atoms with Crippen molar-refractivity contribution in [3.8, 4) is 0 Å². The van der Waals surface area contributed by atoms with Crippen LogP contribution in [-0.2, 0) is 0 Å². The minimum absolute atomic E-state index is 0.617. The Kier molecular flexibility index (Phi) is 5.80. The van der Waals surface area contributed by atoms with E-state index in [4.69, 9.17) is 23.2 Å². The van der Waals surface area contributed by atoms with Crippen LogP contribution in [0.2, 0.25) is 0 Å². The van der Waals surface area contributed by atoms with Crippen molar-refractivity contribution in [3.05, 3.63) is 28.2 Å². The number of aryl methyl sites for hydroxylation is 1. The van der Waals surface area contributed by atoms with Crippen molar-refractivity contribution in [2.75, 3.05) is 29.7 Å². The van der Waals surface area contributed by atoms with E-state index in [0.29, 0.717) is 11.8 Å². The highest BCUT2D eigenvalue weighted by Gasteiger charge is 2.06. The predicted octanol–water partition coefficient (Wildman–Crippen LogP) is 4.04. The van der Waals surface area contributed by atoms with E-state index < -0.39 is 0 Å². The summed E-state index contributed by atoms with van der Waals surface area (Å²) < 4.78 is 1.13. The molecule has 0 bridgehead atoms. The maximum absolute atomic E-state index is 5.76. The van der Waals surface area contributed by atoms with E-state index in [1.807, 2.05) is 0 Å². The second-order valence-electron chi connectivity index (χ2n) is 3.30. The molecule has 0 N–H and O–H groups in total. The molecule has 0 amide bonds. The van der Waals surface area contributed by atoms with Gasteiger partial charge in [-0.05, 0) is 30.7 Å². The molecular formula is C11H14BrCl2N. The number of hydrogen-bond donors (Lipinski definition) is 0. The molecular weight excluding hydrogens is 297 g/mol. The Hall–Kier alpha value is 0.0800. The van der Waals surface area contributed by atoms with Gasteiger partial charge in [0, 0.05) is 35.0 Å². The van der Waals surface area contributed by atoms with Gasteiger partial charge in [-0.25, -0.2) is 0 Å². The molecule has 0 saturated carbocycles. The Balaban J connectivity index is 2.85. The summed E-state index contributed by atoms with van der Waals surface area (Å²) in [6.07, 6.45) is 0. The first kappa shape index (κ1) is 13.1. The van der Waals surface area contributed by atoms with Crippen molar-refractivity contribution in [1.82, 2.24) is 0 Å². The third-order valence-corrected chi connectivity index (χ3v) is 3.44. The molecule has 0 heterocycles. The van der Waals surface area contributed by atoms with Gasteiger partial charge in [-0.1, -0.05) is 15.9 Å². The second-order valence-corrected chi connectivity index (χ2v) is 4.91. The van der Waals surface area contributed by atoms with Crippen molar-refractivity contribution >= 4 is 44.8 Å². The van der Waals surface area contributed by atoms with E-state index in [-0.39, 0.29) is 0 Å². The summed E-state index contributed by atoms with van der Waals surface area (Å²) in [6, 6.07) is 6.28. The molecule has 0 aliphatic heterocycles. The van der Waals surface area contributed by atoms with Crippen LogP contribution in [0.1, 0.15) is 5.56 Å². The minimum atomic E-state index is 0.617. The van der Waals surface area contributed by atoms with Crippen LogP contribution in [-0.4, -0.2) is 24.8 Å². The highest BCUT2D eigenvalue weighted by molar-refractivity contribution is 9.10. The summed E-state index contributed by atoms with van der Waals surface area (Å²) in [5.41, 5.74) is 2.40. The van der Waals surface area contributed by atoms with E-state index in [1.54, 1.807) is 0 Å². The van der Waals surface area contributed by atoms with Gasteiger partial charge in [0.15, 0.2) is 0 Å². The zero-order valence-corrected chi connectivity index (χ0v) is 11.7. The normalized spacial score (nSPS) is 10.4. The number of rotatable bonds is 5. The smallest absolute Gasteiger partial charge is 0.0399 e. The molecule has 0 aliphatic rings. The van der Waals surface area contributed by atoms with Gasteiger partial charge in [0.2, 0.25) is 0 Å². The van der Waals surface area contributed by atoms with Crippen LogP contribution in [0.15, 0.2) is 22.7 Å². The lowest BCUT2D eigenvalue weighted by Gasteiger charge is -2.23. The van der Waals surface area contributed by atoms with E-state index in [1.165, 1.54) is 11.3 Å². The lowest BCUT2D eigenvalue weighted by Crippen LogP contribution is -2.27. The molecule has 0 fully saturated rings. The number of nitrogens with zero attached hydrogens (tertiary/aromatic N) is 1. The SMILES string of the molecule is Cc1cc(N(CCCl)CCCl)ccc1Br. The first-order valence-corrected chi connectivity index (χ1v) is 6.68.